The number of anilines is 2. The second-order valence-electron chi connectivity index (χ2n) is 8.96. The van der Waals surface area contributed by atoms with Crippen molar-refractivity contribution in [3.63, 3.8) is 0 Å². The summed E-state index contributed by atoms with van der Waals surface area (Å²) in [5, 5.41) is 6.88. The number of fused-ring (bicyclic) bond motifs is 2. The fourth-order valence-electron chi connectivity index (χ4n) is 4.41. The summed E-state index contributed by atoms with van der Waals surface area (Å²) in [6.07, 6.45) is 0. The maximum Gasteiger partial charge on any atom is 0.138 e. The molecule has 2 aromatic heterocycles. The first-order chi connectivity index (χ1) is 18.3. The number of imidazole rings is 2. The number of aryl methyl sites for hydroxylation is 2. The van der Waals surface area contributed by atoms with Crippen molar-refractivity contribution in [1.29, 1.82) is 0 Å². The molecule has 5 rings (SSSR count). The third-order valence-electron chi connectivity index (χ3n) is 6.32. The van der Waals surface area contributed by atoms with Crippen molar-refractivity contribution in [2.45, 2.75) is 24.3 Å². The van der Waals surface area contributed by atoms with E-state index in [1.165, 1.54) is 0 Å². The number of aromatic nitrogens is 4. The van der Waals surface area contributed by atoms with Crippen LogP contribution in [0.4, 0.5) is 11.4 Å². The second kappa shape index (κ2) is 11.4. The van der Waals surface area contributed by atoms with Gasteiger partial charge in [0.05, 0.1) is 32.6 Å². The van der Waals surface area contributed by atoms with Crippen molar-refractivity contribution >= 4 is 90.0 Å². The second-order valence-corrected chi connectivity index (χ2v) is 13.0. The Balaban J connectivity index is 1.15. The summed E-state index contributed by atoms with van der Waals surface area (Å²) in [4.78, 5) is 9.59. The molecule has 2 heterocycles. The monoisotopic (exact) mass is 576 g/mol. The highest BCUT2D eigenvalue weighted by molar-refractivity contribution is 8.23. The summed E-state index contributed by atoms with van der Waals surface area (Å²) >= 11 is 14.4. The summed E-state index contributed by atoms with van der Waals surface area (Å²) in [5.41, 5.74) is 6.09. The molecule has 0 bridgehead atoms. The molecule has 2 atom stereocenters. The van der Waals surface area contributed by atoms with Crippen molar-refractivity contribution in [3.05, 3.63) is 84.4 Å². The van der Waals surface area contributed by atoms with E-state index in [0.29, 0.717) is 8.64 Å². The van der Waals surface area contributed by atoms with Crippen LogP contribution in [0.15, 0.2) is 72.8 Å². The van der Waals surface area contributed by atoms with Gasteiger partial charge < -0.3 is 19.8 Å². The molecule has 194 valence electrons. The van der Waals surface area contributed by atoms with Crippen molar-refractivity contribution in [1.82, 2.24) is 19.1 Å². The topological polar surface area (TPSA) is 59.7 Å². The van der Waals surface area contributed by atoms with E-state index in [0.717, 1.165) is 45.1 Å². The van der Waals surface area contributed by atoms with Crippen LogP contribution in [0.25, 0.3) is 22.1 Å². The number of para-hydroxylation sites is 4. The summed E-state index contributed by atoms with van der Waals surface area (Å²) < 4.78 is 5.67. The molecule has 0 unspecified atom stereocenters. The molecule has 6 nitrogen and oxygen atoms in total. The molecule has 3 aromatic carbocycles. The fourth-order valence-corrected chi connectivity index (χ4v) is 7.14. The summed E-state index contributed by atoms with van der Waals surface area (Å²) in [6, 6.07) is 24.3. The van der Waals surface area contributed by atoms with Crippen LogP contribution in [-0.2, 0) is 14.1 Å². The predicted molar refractivity (Wildman–Crippen MR) is 172 cm³/mol. The normalized spacial score (nSPS) is 12.9. The van der Waals surface area contributed by atoms with Gasteiger partial charge >= 0.3 is 0 Å². The molecule has 0 spiro atoms. The standard InChI is InChI=1S/C28H28N6S4/c1-17(25-31-21-9-5-7-11-23(21)33(25)3)37-27(35)29-19-13-15-20(16-14-19)30-28(36)38-18(2)26-32-22-10-6-8-12-24(22)34(26)4/h5-18H,1-4H3,(H,29,35)(H,30,36)/t17-,18-/m1/s1. The van der Waals surface area contributed by atoms with Gasteiger partial charge in [-0.3, -0.25) is 0 Å². The SMILES string of the molecule is C[C@@H](SC(=S)Nc1ccc(NC(=S)S[C@H](C)c2nc3ccccc3n2C)cc1)c1nc2ccccc2n1C. The Labute approximate surface area is 241 Å². The summed E-state index contributed by atoms with van der Waals surface area (Å²) in [6.45, 7) is 4.25. The molecule has 0 aliphatic carbocycles. The average molecular weight is 577 g/mol. The number of thiocarbonyl (C=S) groups is 2. The molecule has 38 heavy (non-hydrogen) atoms. The van der Waals surface area contributed by atoms with Crippen LogP contribution in [0, 0.1) is 0 Å². The molecule has 0 radical (unpaired) electrons. The Kier molecular flexibility index (Phi) is 8.04. The molecule has 0 fully saturated rings. The van der Waals surface area contributed by atoms with E-state index < -0.39 is 0 Å². The van der Waals surface area contributed by atoms with Gasteiger partial charge in [-0.2, -0.15) is 0 Å². The van der Waals surface area contributed by atoms with Crippen molar-refractivity contribution in [3.8, 4) is 0 Å². The van der Waals surface area contributed by atoms with Gasteiger partial charge in [-0.05, 0) is 62.4 Å². The Bertz CT molecular complexity index is 1500. The number of rotatable bonds is 6. The Hall–Kier alpha value is -2.92. The van der Waals surface area contributed by atoms with Gasteiger partial charge in [0.25, 0.3) is 0 Å². The third-order valence-corrected chi connectivity index (χ3v) is 8.86. The molecular formula is C28H28N6S4. The number of benzene rings is 3. The zero-order chi connectivity index (χ0) is 26.8. The van der Waals surface area contributed by atoms with Crippen molar-refractivity contribution in [2.75, 3.05) is 10.6 Å². The van der Waals surface area contributed by atoms with Crippen LogP contribution >= 0.6 is 48.0 Å². The van der Waals surface area contributed by atoms with Crippen LogP contribution in [0.1, 0.15) is 36.0 Å². The van der Waals surface area contributed by atoms with Gasteiger partial charge in [0.2, 0.25) is 0 Å². The minimum Gasteiger partial charge on any atom is -0.341 e. The lowest BCUT2D eigenvalue weighted by molar-refractivity contribution is 0.819. The van der Waals surface area contributed by atoms with Crippen molar-refractivity contribution < 1.29 is 0 Å². The van der Waals surface area contributed by atoms with Gasteiger partial charge in [0, 0.05) is 25.5 Å². The first-order valence-electron chi connectivity index (χ1n) is 12.2. The maximum atomic E-state index is 5.63. The number of hydrogen-bond donors (Lipinski definition) is 2. The molecule has 0 amide bonds. The number of hydrogen-bond acceptors (Lipinski definition) is 6. The molecular weight excluding hydrogens is 549 g/mol. The highest BCUT2D eigenvalue weighted by Crippen LogP contribution is 2.33. The van der Waals surface area contributed by atoms with Crippen LogP contribution in [-0.4, -0.2) is 27.7 Å². The van der Waals surface area contributed by atoms with Crippen LogP contribution in [0.5, 0.6) is 0 Å². The van der Waals surface area contributed by atoms with Gasteiger partial charge in [-0.25, -0.2) is 9.97 Å². The predicted octanol–water partition coefficient (Wildman–Crippen LogP) is 7.84. The van der Waals surface area contributed by atoms with Gasteiger partial charge in [0.1, 0.15) is 20.3 Å². The molecule has 0 aliphatic rings. The van der Waals surface area contributed by atoms with E-state index in [1.54, 1.807) is 23.5 Å². The number of nitrogens with one attached hydrogen (secondary N) is 2. The highest BCUT2D eigenvalue weighted by atomic mass is 32.2. The average Bonchev–Trinajstić information content (AvgIpc) is 3.42. The van der Waals surface area contributed by atoms with E-state index in [2.05, 4.69) is 45.7 Å². The van der Waals surface area contributed by atoms with E-state index in [1.807, 2.05) is 74.8 Å². The lowest BCUT2D eigenvalue weighted by Crippen LogP contribution is -2.10. The van der Waals surface area contributed by atoms with E-state index in [-0.39, 0.29) is 10.5 Å². The minimum absolute atomic E-state index is 0.112. The zero-order valence-corrected chi connectivity index (χ0v) is 24.8. The first-order valence-corrected chi connectivity index (χ1v) is 14.8. The van der Waals surface area contributed by atoms with E-state index in [4.69, 9.17) is 34.4 Å². The Morgan fingerprint density at radius 3 is 1.39 bits per heavy atom. The van der Waals surface area contributed by atoms with Gasteiger partial charge in [-0.1, -0.05) is 72.2 Å². The highest BCUT2D eigenvalue weighted by Gasteiger charge is 2.18. The third kappa shape index (κ3) is 5.73. The molecule has 10 heteroatoms. The first kappa shape index (κ1) is 26.7. The molecule has 5 aromatic rings. The number of nitrogens with zero attached hydrogens (tertiary/aromatic N) is 4. The Morgan fingerprint density at radius 1 is 0.658 bits per heavy atom. The molecule has 2 N–H and O–H groups in total. The van der Waals surface area contributed by atoms with Gasteiger partial charge in [0.15, 0.2) is 0 Å². The molecule has 0 saturated heterocycles. The number of thioether (sulfide) groups is 2. The Morgan fingerprint density at radius 2 is 1.03 bits per heavy atom. The fraction of sp³-hybridized carbons (Fsp3) is 0.214. The minimum atomic E-state index is 0.112. The molecule has 0 aliphatic heterocycles. The maximum absolute atomic E-state index is 5.63. The summed E-state index contributed by atoms with van der Waals surface area (Å²) in [7, 11) is 4.09. The summed E-state index contributed by atoms with van der Waals surface area (Å²) in [5.74, 6) is 2.00. The zero-order valence-electron chi connectivity index (χ0n) is 21.5. The van der Waals surface area contributed by atoms with Crippen LogP contribution in [0.3, 0.4) is 0 Å². The van der Waals surface area contributed by atoms with E-state index >= 15 is 0 Å². The quantitative estimate of drug-likeness (QED) is 0.198. The van der Waals surface area contributed by atoms with Crippen LogP contribution < -0.4 is 10.6 Å². The largest absolute Gasteiger partial charge is 0.341 e. The van der Waals surface area contributed by atoms with E-state index in [9.17, 15) is 0 Å². The van der Waals surface area contributed by atoms with Crippen LogP contribution in [0.2, 0.25) is 0 Å². The lowest BCUT2D eigenvalue weighted by atomic mass is 10.3. The lowest BCUT2D eigenvalue weighted by Gasteiger charge is -2.15. The van der Waals surface area contributed by atoms with Gasteiger partial charge in [-0.15, -0.1) is 0 Å². The van der Waals surface area contributed by atoms with Crippen molar-refractivity contribution in [2.24, 2.45) is 14.1 Å². The smallest absolute Gasteiger partial charge is 0.138 e. The molecule has 0 saturated carbocycles.